The summed E-state index contributed by atoms with van der Waals surface area (Å²) in [7, 11) is 0. The number of benzene rings is 1. The van der Waals surface area contributed by atoms with E-state index in [1.807, 2.05) is 36.4 Å². The fourth-order valence-corrected chi connectivity index (χ4v) is 3.84. The number of carbonyl (C=O) groups excluding carboxylic acids is 1. The van der Waals surface area contributed by atoms with E-state index in [2.05, 4.69) is 25.3 Å². The number of furan rings is 1. The van der Waals surface area contributed by atoms with Crippen molar-refractivity contribution in [1.29, 1.82) is 0 Å². The van der Waals surface area contributed by atoms with Gasteiger partial charge in [0, 0.05) is 37.6 Å². The highest BCUT2D eigenvalue weighted by atomic mass is 16.3. The summed E-state index contributed by atoms with van der Waals surface area (Å²) in [5.74, 6) is 1.14. The minimum atomic E-state index is -0.171. The molecule has 1 atom stereocenters. The average molecular weight is 414 g/mol. The Morgan fingerprint density at radius 3 is 2.68 bits per heavy atom. The molecule has 4 aromatic rings. The Morgan fingerprint density at radius 2 is 1.90 bits per heavy atom. The van der Waals surface area contributed by atoms with Crippen LogP contribution in [-0.2, 0) is 0 Å². The number of para-hydroxylation sites is 1. The van der Waals surface area contributed by atoms with Crippen molar-refractivity contribution in [2.24, 2.45) is 0 Å². The molecule has 1 aliphatic rings. The molecule has 1 aliphatic heterocycles. The van der Waals surface area contributed by atoms with Crippen molar-refractivity contribution >= 4 is 11.9 Å². The van der Waals surface area contributed by atoms with Crippen LogP contribution in [0.5, 0.6) is 0 Å². The molecule has 8 heteroatoms. The van der Waals surface area contributed by atoms with Gasteiger partial charge in [-0.15, -0.1) is 0 Å². The molecule has 1 aromatic carbocycles. The highest BCUT2D eigenvalue weighted by molar-refractivity contribution is 5.94. The van der Waals surface area contributed by atoms with Gasteiger partial charge in [0.15, 0.2) is 5.76 Å². The molecule has 8 nitrogen and oxygen atoms in total. The first kappa shape index (κ1) is 19.0. The number of nitrogens with one attached hydrogen (secondary N) is 1. The highest BCUT2D eigenvalue weighted by Gasteiger charge is 2.26. The van der Waals surface area contributed by atoms with Crippen molar-refractivity contribution in [3.05, 3.63) is 78.9 Å². The van der Waals surface area contributed by atoms with Gasteiger partial charge in [-0.25, -0.2) is 14.6 Å². The molecule has 1 N–H and O–H groups in total. The largest absolute Gasteiger partial charge is 0.463 e. The molecule has 31 heavy (non-hydrogen) atoms. The van der Waals surface area contributed by atoms with Crippen LogP contribution < -0.4 is 10.2 Å². The van der Waals surface area contributed by atoms with Crippen molar-refractivity contribution < 1.29 is 9.21 Å². The van der Waals surface area contributed by atoms with E-state index in [0.29, 0.717) is 29.6 Å². The first-order chi connectivity index (χ1) is 15.3. The number of nitrogens with zero attached hydrogens (tertiary/aromatic N) is 5. The van der Waals surface area contributed by atoms with E-state index >= 15 is 0 Å². The van der Waals surface area contributed by atoms with E-state index in [4.69, 9.17) is 4.42 Å². The fourth-order valence-electron chi connectivity index (χ4n) is 3.84. The van der Waals surface area contributed by atoms with Crippen LogP contribution in [0.3, 0.4) is 0 Å². The van der Waals surface area contributed by atoms with Crippen molar-refractivity contribution in [3.63, 3.8) is 0 Å². The zero-order valence-corrected chi connectivity index (χ0v) is 16.9. The Hall–Kier alpha value is -3.94. The summed E-state index contributed by atoms with van der Waals surface area (Å²) in [6.45, 7) is 1.54. The fraction of sp³-hybridized carbons (Fsp3) is 0.217. The molecule has 4 heterocycles. The summed E-state index contributed by atoms with van der Waals surface area (Å²) in [6, 6.07) is 16.8. The Labute approximate surface area is 179 Å². The van der Waals surface area contributed by atoms with Gasteiger partial charge in [0.2, 0.25) is 5.95 Å². The van der Waals surface area contributed by atoms with Gasteiger partial charge in [-0.3, -0.25) is 4.79 Å². The van der Waals surface area contributed by atoms with Crippen molar-refractivity contribution in [3.8, 4) is 17.1 Å². The van der Waals surface area contributed by atoms with Crippen molar-refractivity contribution in [1.82, 2.24) is 25.1 Å². The third-order valence-electron chi connectivity index (χ3n) is 5.31. The topological polar surface area (TPSA) is 89.1 Å². The van der Waals surface area contributed by atoms with Gasteiger partial charge in [-0.1, -0.05) is 18.2 Å². The Bertz CT molecular complexity index is 1140. The summed E-state index contributed by atoms with van der Waals surface area (Å²) < 4.78 is 7.15. The molecule has 0 bridgehead atoms. The van der Waals surface area contributed by atoms with E-state index in [9.17, 15) is 4.79 Å². The molecule has 1 fully saturated rings. The minimum absolute atomic E-state index is 0.00348. The Kier molecular flexibility index (Phi) is 5.18. The molecule has 1 unspecified atom stereocenters. The average Bonchev–Trinajstić information content (AvgIpc) is 3.51. The van der Waals surface area contributed by atoms with Crippen LogP contribution in [0.2, 0.25) is 0 Å². The lowest BCUT2D eigenvalue weighted by Crippen LogP contribution is -2.48. The standard InChI is InChI=1S/C23H22N6O2/c30-22(26-17-7-4-13-28(16-17)23-24-11-6-12-25-23)20-15-19(21-10-5-14-31-21)27-29(20)18-8-2-1-3-9-18/h1-3,5-6,8-12,14-15,17H,4,7,13,16H2,(H,26,30). The van der Waals surface area contributed by atoms with Crippen LogP contribution in [0.1, 0.15) is 23.3 Å². The lowest BCUT2D eigenvalue weighted by molar-refractivity contribution is 0.0925. The summed E-state index contributed by atoms with van der Waals surface area (Å²) >= 11 is 0. The van der Waals surface area contributed by atoms with E-state index in [1.54, 1.807) is 41.5 Å². The normalized spacial score (nSPS) is 16.3. The van der Waals surface area contributed by atoms with E-state index < -0.39 is 0 Å². The molecule has 0 aliphatic carbocycles. The number of hydrogen-bond acceptors (Lipinski definition) is 6. The van der Waals surface area contributed by atoms with Gasteiger partial charge in [0.05, 0.1) is 12.0 Å². The van der Waals surface area contributed by atoms with Crippen LogP contribution in [0.4, 0.5) is 5.95 Å². The molecule has 0 saturated carbocycles. The van der Waals surface area contributed by atoms with E-state index in [1.165, 1.54) is 0 Å². The SMILES string of the molecule is O=C(NC1CCCN(c2ncccn2)C1)c1cc(-c2ccco2)nn1-c1ccccc1. The maximum atomic E-state index is 13.3. The first-order valence-corrected chi connectivity index (χ1v) is 10.3. The maximum absolute atomic E-state index is 13.3. The molecule has 1 amide bonds. The number of amides is 1. The molecule has 156 valence electrons. The van der Waals surface area contributed by atoms with Gasteiger partial charge in [0.1, 0.15) is 11.4 Å². The van der Waals surface area contributed by atoms with Crippen molar-refractivity contribution in [2.45, 2.75) is 18.9 Å². The van der Waals surface area contributed by atoms with E-state index in [-0.39, 0.29) is 11.9 Å². The molecule has 1 saturated heterocycles. The summed E-state index contributed by atoms with van der Waals surface area (Å²) in [4.78, 5) is 24.1. The number of hydrogen-bond donors (Lipinski definition) is 1. The number of aromatic nitrogens is 4. The summed E-state index contributed by atoms with van der Waals surface area (Å²) in [6.07, 6.45) is 6.93. The van der Waals surface area contributed by atoms with Crippen LogP contribution >= 0.6 is 0 Å². The highest BCUT2D eigenvalue weighted by Crippen LogP contribution is 2.23. The van der Waals surface area contributed by atoms with Crippen LogP contribution in [0.15, 0.2) is 77.7 Å². The second-order valence-corrected chi connectivity index (χ2v) is 7.45. The quantitative estimate of drug-likeness (QED) is 0.539. The number of piperidine rings is 1. The van der Waals surface area contributed by atoms with Crippen LogP contribution in [0, 0.1) is 0 Å². The number of anilines is 1. The lowest BCUT2D eigenvalue weighted by atomic mass is 10.1. The lowest BCUT2D eigenvalue weighted by Gasteiger charge is -2.33. The molecule has 0 radical (unpaired) electrons. The van der Waals surface area contributed by atoms with Gasteiger partial charge in [0.25, 0.3) is 5.91 Å². The molecular weight excluding hydrogens is 392 g/mol. The predicted octanol–water partition coefficient (Wildman–Crippen LogP) is 3.32. The molecular formula is C23H22N6O2. The minimum Gasteiger partial charge on any atom is -0.463 e. The second kappa shape index (κ2) is 8.43. The number of carbonyl (C=O) groups is 1. The smallest absolute Gasteiger partial charge is 0.270 e. The van der Waals surface area contributed by atoms with Gasteiger partial charge in [-0.2, -0.15) is 5.10 Å². The third-order valence-corrected chi connectivity index (χ3v) is 5.31. The number of rotatable bonds is 5. The summed E-state index contributed by atoms with van der Waals surface area (Å²) in [5.41, 5.74) is 1.89. The van der Waals surface area contributed by atoms with Crippen LogP contribution in [0.25, 0.3) is 17.1 Å². The Balaban J connectivity index is 1.39. The predicted molar refractivity (Wildman–Crippen MR) is 116 cm³/mol. The zero-order chi connectivity index (χ0) is 21.0. The molecule has 0 spiro atoms. The third kappa shape index (κ3) is 4.05. The second-order valence-electron chi connectivity index (χ2n) is 7.45. The first-order valence-electron chi connectivity index (χ1n) is 10.3. The molecule has 3 aromatic heterocycles. The zero-order valence-electron chi connectivity index (χ0n) is 16.9. The van der Waals surface area contributed by atoms with Crippen molar-refractivity contribution in [2.75, 3.05) is 18.0 Å². The summed E-state index contributed by atoms with van der Waals surface area (Å²) in [5, 5.41) is 7.81. The maximum Gasteiger partial charge on any atom is 0.270 e. The Morgan fingerprint density at radius 1 is 1.06 bits per heavy atom. The molecule has 5 rings (SSSR count). The van der Waals surface area contributed by atoms with Gasteiger partial charge < -0.3 is 14.6 Å². The van der Waals surface area contributed by atoms with Gasteiger partial charge >= 0.3 is 0 Å². The monoisotopic (exact) mass is 414 g/mol. The van der Waals surface area contributed by atoms with Gasteiger partial charge in [-0.05, 0) is 43.2 Å². The van der Waals surface area contributed by atoms with E-state index in [0.717, 1.165) is 25.1 Å². The van der Waals surface area contributed by atoms with Crippen LogP contribution in [-0.4, -0.2) is 44.8 Å².